The smallest absolute Gasteiger partial charge is 0.326 e. The second-order valence-electron chi connectivity index (χ2n) is 4.72. The van der Waals surface area contributed by atoms with Crippen molar-refractivity contribution in [2.24, 2.45) is 0 Å². The largest absolute Gasteiger partial charge is 0.480 e. The standard InChI is InChI=1S/C13H18N2O5S/c1-9-5-3-4-6-10(9)14-13(18)15-11(12(16)17)7-8-21(2,19)20/h3-6,11H,7-8H2,1-2H3,(H,16,17)(H2,14,15,18). The van der Waals surface area contributed by atoms with E-state index in [1.807, 2.05) is 6.07 Å². The van der Waals surface area contributed by atoms with E-state index in [4.69, 9.17) is 5.11 Å². The van der Waals surface area contributed by atoms with E-state index in [1.54, 1.807) is 25.1 Å². The molecule has 0 heterocycles. The molecule has 0 aliphatic heterocycles. The van der Waals surface area contributed by atoms with Crippen LogP contribution in [0.25, 0.3) is 0 Å². The Morgan fingerprint density at radius 3 is 2.43 bits per heavy atom. The lowest BCUT2D eigenvalue weighted by Gasteiger charge is -2.15. The highest BCUT2D eigenvalue weighted by molar-refractivity contribution is 7.90. The van der Waals surface area contributed by atoms with Gasteiger partial charge in [0, 0.05) is 11.9 Å². The zero-order chi connectivity index (χ0) is 16.0. The molecule has 0 radical (unpaired) electrons. The molecule has 0 saturated heterocycles. The Bertz CT molecular complexity index is 627. The number of carbonyl (C=O) groups excluding carboxylic acids is 1. The number of nitrogens with one attached hydrogen (secondary N) is 2. The second-order valence-corrected chi connectivity index (χ2v) is 6.98. The van der Waals surface area contributed by atoms with Crippen LogP contribution in [0.2, 0.25) is 0 Å². The number of aliphatic carboxylic acids is 1. The Morgan fingerprint density at radius 2 is 1.90 bits per heavy atom. The summed E-state index contributed by atoms with van der Waals surface area (Å²) in [6.45, 7) is 1.80. The molecule has 0 aliphatic carbocycles. The van der Waals surface area contributed by atoms with Crippen LogP contribution in [0.5, 0.6) is 0 Å². The number of hydrogen-bond donors (Lipinski definition) is 3. The molecule has 0 saturated carbocycles. The van der Waals surface area contributed by atoms with E-state index < -0.39 is 27.9 Å². The van der Waals surface area contributed by atoms with Gasteiger partial charge in [-0.2, -0.15) is 0 Å². The van der Waals surface area contributed by atoms with E-state index in [9.17, 15) is 18.0 Å². The molecule has 0 aromatic heterocycles. The molecule has 1 atom stereocenters. The maximum Gasteiger partial charge on any atom is 0.326 e. The first-order chi connectivity index (χ1) is 9.69. The summed E-state index contributed by atoms with van der Waals surface area (Å²) in [4.78, 5) is 22.8. The zero-order valence-corrected chi connectivity index (χ0v) is 12.6. The number of sulfone groups is 1. The van der Waals surface area contributed by atoms with Gasteiger partial charge in [0.25, 0.3) is 0 Å². The second kappa shape index (κ2) is 7.07. The van der Waals surface area contributed by atoms with Gasteiger partial charge in [0.05, 0.1) is 5.75 Å². The molecule has 0 aliphatic rings. The number of urea groups is 1. The lowest BCUT2D eigenvalue weighted by atomic mass is 10.2. The van der Waals surface area contributed by atoms with Crippen molar-refractivity contribution in [1.29, 1.82) is 0 Å². The van der Waals surface area contributed by atoms with Gasteiger partial charge in [-0.15, -0.1) is 0 Å². The van der Waals surface area contributed by atoms with Gasteiger partial charge >= 0.3 is 12.0 Å². The Labute approximate surface area is 123 Å². The Morgan fingerprint density at radius 1 is 1.29 bits per heavy atom. The minimum atomic E-state index is -3.29. The first kappa shape index (κ1) is 17.0. The van der Waals surface area contributed by atoms with Crippen LogP contribution >= 0.6 is 0 Å². The molecule has 116 valence electrons. The predicted octanol–water partition coefficient (Wildman–Crippen LogP) is 1.00. The van der Waals surface area contributed by atoms with Gasteiger partial charge in [-0.3, -0.25) is 0 Å². The first-order valence-electron chi connectivity index (χ1n) is 6.23. The molecule has 7 nitrogen and oxygen atoms in total. The third-order valence-electron chi connectivity index (χ3n) is 2.77. The van der Waals surface area contributed by atoms with Crippen molar-refractivity contribution in [3.63, 3.8) is 0 Å². The van der Waals surface area contributed by atoms with Crippen molar-refractivity contribution >= 4 is 27.5 Å². The molecule has 2 amide bonds. The first-order valence-corrected chi connectivity index (χ1v) is 8.29. The summed E-state index contributed by atoms with van der Waals surface area (Å²) in [5.41, 5.74) is 1.39. The number of carboxylic acid groups (broad SMARTS) is 1. The van der Waals surface area contributed by atoms with Gasteiger partial charge in [-0.05, 0) is 25.0 Å². The summed E-state index contributed by atoms with van der Waals surface area (Å²) < 4.78 is 22.1. The fraction of sp³-hybridized carbons (Fsp3) is 0.385. The van der Waals surface area contributed by atoms with E-state index in [2.05, 4.69) is 10.6 Å². The SMILES string of the molecule is Cc1ccccc1NC(=O)NC(CCS(C)(=O)=O)C(=O)O. The van der Waals surface area contributed by atoms with Crippen LogP contribution in [-0.2, 0) is 14.6 Å². The maximum absolute atomic E-state index is 11.8. The normalized spacial score (nSPS) is 12.5. The van der Waals surface area contributed by atoms with Crippen molar-refractivity contribution in [1.82, 2.24) is 5.32 Å². The molecule has 0 spiro atoms. The van der Waals surface area contributed by atoms with Crippen LogP contribution in [0.15, 0.2) is 24.3 Å². The molecule has 21 heavy (non-hydrogen) atoms. The number of anilines is 1. The molecular weight excluding hydrogens is 296 g/mol. The fourth-order valence-corrected chi connectivity index (χ4v) is 2.28. The molecule has 3 N–H and O–H groups in total. The average molecular weight is 314 g/mol. The summed E-state index contributed by atoms with van der Waals surface area (Å²) in [6.07, 6.45) is 0.828. The monoisotopic (exact) mass is 314 g/mol. The average Bonchev–Trinajstić information content (AvgIpc) is 2.36. The number of benzene rings is 1. The highest BCUT2D eigenvalue weighted by atomic mass is 32.2. The molecule has 1 rings (SSSR count). The van der Waals surface area contributed by atoms with Crippen LogP contribution in [0.1, 0.15) is 12.0 Å². The topological polar surface area (TPSA) is 113 Å². The minimum absolute atomic E-state index is 0.185. The van der Waals surface area contributed by atoms with Crippen LogP contribution in [0.4, 0.5) is 10.5 Å². The van der Waals surface area contributed by atoms with Gasteiger partial charge in [-0.25, -0.2) is 18.0 Å². The Kier molecular flexibility index (Phi) is 5.71. The Balaban J connectivity index is 2.65. The molecule has 1 aromatic carbocycles. The third kappa shape index (κ3) is 6.26. The molecule has 0 fully saturated rings. The van der Waals surface area contributed by atoms with Crippen molar-refractivity contribution in [2.75, 3.05) is 17.3 Å². The highest BCUT2D eigenvalue weighted by Gasteiger charge is 2.21. The quantitative estimate of drug-likeness (QED) is 0.725. The summed E-state index contributed by atoms with van der Waals surface area (Å²) in [6, 6.07) is 5.08. The van der Waals surface area contributed by atoms with Gasteiger partial charge < -0.3 is 15.7 Å². The number of carboxylic acids is 1. The van der Waals surface area contributed by atoms with Crippen molar-refractivity contribution in [3.8, 4) is 0 Å². The van der Waals surface area contributed by atoms with Gasteiger partial charge in [0.2, 0.25) is 0 Å². The predicted molar refractivity (Wildman–Crippen MR) is 79.1 cm³/mol. The van der Waals surface area contributed by atoms with Crippen LogP contribution < -0.4 is 10.6 Å². The van der Waals surface area contributed by atoms with E-state index in [0.29, 0.717) is 5.69 Å². The zero-order valence-electron chi connectivity index (χ0n) is 11.8. The lowest BCUT2D eigenvalue weighted by Crippen LogP contribution is -2.44. The van der Waals surface area contributed by atoms with E-state index in [0.717, 1.165) is 11.8 Å². The number of rotatable bonds is 6. The summed E-state index contributed by atoms with van der Waals surface area (Å²) in [7, 11) is -3.29. The Hall–Kier alpha value is -2.09. The molecule has 1 unspecified atom stereocenters. The maximum atomic E-state index is 11.8. The summed E-state index contributed by atoms with van der Waals surface area (Å²) in [5.74, 6) is -1.59. The molecule has 8 heteroatoms. The van der Waals surface area contributed by atoms with Gasteiger partial charge in [0.1, 0.15) is 15.9 Å². The summed E-state index contributed by atoms with van der Waals surface area (Å²) in [5, 5.41) is 13.8. The number of aryl methyl sites for hydroxylation is 1. The number of carbonyl (C=O) groups is 2. The number of amides is 2. The van der Waals surface area contributed by atoms with Crippen LogP contribution in [0, 0.1) is 6.92 Å². The van der Waals surface area contributed by atoms with E-state index in [-0.39, 0.29) is 12.2 Å². The number of hydrogen-bond acceptors (Lipinski definition) is 4. The van der Waals surface area contributed by atoms with Crippen molar-refractivity contribution in [3.05, 3.63) is 29.8 Å². The van der Waals surface area contributed by atoms with Crippen molar-refractivity contribution < 1.29 is 23.1 Å². The highest BCUT2D eigenvalue weighted by Crippen LogP contribution is 2.12. The van der Waals surface area contributed by atoms with Gasteiger partial charge in [-0.1, -0.05) is 18.2 Å². The minimum Gasteiger partial charge on any atom is -0.480 e. The molecular formula is C13H18N2O5S. The van der Waals surface area contributed by atoms with E-state index >= 15 is 0 Å². The van der Waals surface area contributed by atoms with E-state index in [1.165, 1.54) is 0 Å². The van der Waals surface area contributed by atoms with Crippen LogP contribution in [0.3, 0.4) is 0 Å². The number of para-hydroxylation sites is 1. The fourth-order valence-electron chi connectivity index (χ4n) is 1.62. The van der Waals surface area contributed by atoms with Gasteiger partial charge in [0.15, 0.2) is 0 Å². The van der Waals surface area contributed by atoms with Crippen molar-refractivity contribution in [2.45, 2.75) is 19.4 Å². The lowest BCUT2D eigenvalue weighted by molar-refractivity contribution is -0.139. The molecule has 0 bridgehead atoms. The molecule has 1 aromatic rings. The third-order valence-corrected chi connectivity index (χ3v) is 3.75. The summed E-state index contributed by atoms with van der Waals surface area (Å²) >= 11 is 0. The van der Waals surface area contributed by atoms with Crippen LogP contribution in [-0.4, -0.2) is 43.6 Å².